The van der Waals surface area contributed by atoms with Gasteiger partial charge in [0.15, 0.2) is 0 Å². The molecule has 2 rings (SSSR count). The topological polar surface area (TPSA) is 85.7 Å². The van der Waals surface area contributed by atoms with E-state index in [1.54, 1.807) is 7.11 Å². The quantitative estimate of drug-likeness (QED) is 0.365. The number of amidine groups is 1. The van der Waals surface area contributed by atoms with E-state index in [0.717, 1.165) is 23.3 Å². The van der Waals surface area contributed by atoms with Crippen molar-refractivity contribution in [2.75, 3.05) is 13.7 Å². The van der Waals surface area contributed by atoms with E-state index < -0.39 is 0 Å². The number of benzene rings is 1. The highest BCUT2D eigenvalue weighted by molar-refractivity contribution is 5.83. The first-order chi connectivity index (χ1) is 9.67. The summed E-state index contributed by atoms with van der Waals surface area (Å²) in [6.07, 6.45) is 1.20. The zero-order valence-electron chi connectivity index (χ0n) is 11.8. The number of fused-ring (bicyclic) bond motifs is 1. The monoisotopic (exact) mass is 276 g/mol. The minimum atomic E-state index is 0.153. The zero-order valence-corrected chi connectivity index (χ0v) is 11.8. The summed E-state index contributed by atoms with van der Waals surface area (Å²) in [5.41, 5.74) is 7.58. The molecule has 0 aliphatic rings. The highest BCUT2D eigenvalue weighted by Gasteiger charge is 2.16. The van der Waals surface area contributed by atoms with Gasteiger partial charge >= 0.3 is 0 Å². The Kier molecular flexibility index (Phi) is 4.57. The molecule has 0 amide bonds. The lowest BCUT2D eigenvalue weighted by Crippen LogP contribution is -2.20. The number of ether oxygens (including phenoxy) is 1. The van der Waals surface area contributed by atoms with E-state index in [1.807, 2.05) is 24.3 Å². The summed E-state index contributed by atoms with van der Waals surface area (Å²) in [7, 11) is 1.69. The Morgan fingerprint density at radius 1 is 1.50 bits per heavy atom. The first-order valence-electron chi connectivity index (χ1n) is 6.58. The van der Waals surface area contributed by atoms with Crippen LogP contribution in [0.5, 0.6) is 0 Å². The van der Waals surface area contributed by atoms with Crippen molar-refractivity contribution < 1.29 is 9.94 Å². The van der Waals surface area contributed by atoms with Gasteiger partial charge in [-0.05, 0) is 25.5 Å². The van der Waals surface area contributed by atoms with Crippen molar-refractivity contribution in [3.8, 4) is 0 Å². The number of hydrogen-bond acceptors (Lipinski definition) is 4. The summed E-state index contributed by atoms with van der Waals surface area (Å²) in [6.45, 7) is 2.79. The van der Waals surface area contributed by atoms with Crippen molar-refractivity contribution in [3.63, 3.8) is 0 Å². The normalized spacial score (nSPS) is 13.8. The van der Waals surface area contributed by atoms with Crippen LogP contribution in [0.4, 0.5) is 0 Å². The molecule has 0 aliphatic heterocycles. The van der Waals surface area contributed by atoms with E-state index in [0.29, 0.717) is 13.0 Å². The molecular weight excluding hydrogens is 256 g/mol. The Morgan fingerprint density at radius 2 is 2.25 bits per heavy atom. The van der Waals surface area contributed by atoms with E-state index >= 15 is 0 Å². The Balaban J connectivity index is 2.44. The first-order valence-corrected chi connectivity index (χ1v) is 6.58. The number of aromatic nitrogens is 2. The Hall–Kier alpha value is -2.08. The standard InChI is InChI=1S/C14H20N4O2/c1-10(7-8-20-2)18-12-6-4-3-5-11(12)16-14(18)9-13(15)17-19/h3-6,10,19H,7-9H2,1-2H3,(H2,15,17). The molecule has 0 saturated heterocycles. The second-order valence-electron chi connectivity index (χ2n) is 4.79. The Labute approximate surface area is 117 Å². The summed E-state index contributed by atoms with van der Waals surface area (Å²) < 4.78 is 7.27. The maximum atomic E-state index is 8.75. The number of hydrogen-bond donors (Lipinski definition) is 2. The van der Waals surface area contributed by atoms with Gasteiger partial charge in [-0.25, -0.2) is 4.98 Å². The minimum absolute atomic E-state index is 0.153. The van der Waals surface area contributed by atoms with Gasteiger partial charge in [-0.15, -0.1) is 0 Å². The van der Waals surface area contributed by atoms with E-state index in [-0.39, 0.29) is 11.9 Å². The lowest BCUT2D eigenvalue weighted by molar-refractivity contribution is 0.181. The molecule has 20 heavy (non-hydrogen) atoms. The van der Waals surface area contributed by atoms with Gasteiger partial charge in [-0.2, -0.15) is 0 Å². The van der Waals surface area contributed by atoms with Crippen LogP contribution in [0.25, 0.3) is 11.0 Å². The maximum Gasteiger partial charge on any atom is 0.146 e. The predicted molar refractivity (Wildman–Crippen MR) is 78.0 cm³/mol. The fourth-order valence-corrected chi connectivity index (χ4v) is 2.33. The molecule has 1 aromatic carbocycles. The van der Waals surface area contributed by atoms with Crippen LogP contribution >= 0.6 is 0 Å². The average Bonchev–Trinajstić information content (AvgIpc) is 2.82. The van der Waals surface area contributed by atoms with Crippen molar-refractivity contribution in [2.24, 2.45) is 10.9 Å². The molecular formula is C14H20N4O2. The van der Waals surface area contributed by atoms with Crippen LogP contribution in [0.2, 0.25) is 0 Å². The molecule has 1 atom stereocenters. The molecule has 6 nitrogen and oxygen atoms in total. The van der Waals surface area contributed by atoms with Crippen LogP contribution in [-0.2, 0) is 11.2 Å². The highest BCUT2D eigenvalue weighted by Crippen LogP contribution is 2.23. The molecule has 108 valence electrons. The average molecular weight is 276 g/mol. The summed E-state index contributed by atoms with van der Waals surface area (Å²) >= 11 is 0. The number of oxime groups is 1. The molecule has 1 heterocycles. The molecule has 6 heteroatoms. The van der Waals surface area contributed by atoms with Gasteiger partial charge in [0.05, 0.1) is 17.5 Å². The van der Waals surface area contributed by atoms with Crippen molar-refractivity contribution in [3.05, 3.63) is 30.1 Å². The number of methoxy groups -OCH3 is 1. The molecule has 0 radical (unpaired) electrons. The second-order valence-corrected chi connectivity index (χ2v) is 4.79. The van der Waals surface area contributed by atoms with E-state index in [4.69, 9.17) is 15.7 Å². The smallest absolute Gasteiger partial charge is 0.146 e. The van der Waals surface area contributed by atoms with E-state index in [2.05, 4.69) is 21.6 Å². The lowest BCUT2D eigenvalue weighted by Gasteiger charge is -2.17. The Morgan fingerprint density at radius 3 is 2.95 bits per heavy atom. The van der Waals surface area contributed by atoms with Gasteiger partial charge in [0, 0.05) is 19.8 Å². The molecule has 1 aromatic heterocycles. The zero-order chi connectivity index (χ0) is 14.5. The third kappa shape index (κ3) is 2.91. The molecule has 0 aliphatic carbocycles. The Bertz CT molecular complexity index is 606. The van der Waals surface area contributed by atoms with Gasteiger partial charge in [-0.1, -0.05) is 17.3 Å². The van der Waals surface area contributed by atoms with Gasteiger partial charge < -0.3 is 20.2 Å². The first kappa shape index (κ1) is 14.3. The summed E-state index contributed by atoms with van der Waals surface area (Å²) in [5.74, 6) is 0.950. The summed E-state index contributed by atoms with van der Waals surface area (Å²) in [6, 6.07) is 8.15. The van der Waals surface area contributed by atoms with Crippen LogP contribution in [0.15, 0.2) is 29.4 Å². The SMILES string of the molecule is COCCC(C)n1c(C/C(N)=N/O)nc2ccccc21. The second kappa shape index (κ2) is 6.38. The van der Waals surface area contributed by atoms with Gasteiger partial charge in [-0.3, -0.25) is 0 Å². The number of imidazole rings is 1. The van der Waals surface area contributed by atoms with Gasteiger partial charge in [0.2, 0.25) is 0 Å². The number of nitrogens with two attached hydrogens (primary N) is 1. The van der Waals surface area contributed by atoms with Crippen molar-refractivity contribution >= 4 is 16.9 Å². The van der Waals surface area contributed by atoms with Crippen LogP contribution < -0.4 is 5.73 Å². The molecule has 0 saturated carbocycles. The van der Waals surface area contributed by atoms with E-state index in [9.17, 15) is 0 Å². The molecule has 3 N–H and O–H groups in total. The fourth-order valence-electron chi connectivity index (χ4n) is 2.33. The summed E-state index contributed by atoms with van der Waals surface area (Å²) in [4.78, 5) is 4.58. The molecule has 0 fully saturated rings. The molecule has 1 unspecified atom stereocenters. The maximum absolute atomic E-state index is 8.75. The van der Waals surface area contributed by atoms with Crippen LogP contribution in [0, 0.1) is 0 Å². The van der Waals surface area contributed by atoms with Crippen LogP contribution in [0.1, 0.15) is 25.2 Å². The predicted octanol–water partition coefficient (Wildman–Crippen LogP) is 1.92. The van der Waals surface area contributed by atoms with E-state index in [1.165, 1.54) is 0 Å². The minimum Gasteiger partial charge on any atom is -0.409 e. The number of rotatable bonds is 6. The number of para-hydroxylation sites is 2. The van der Waals surface area contributed by atoms with Gasteiger partial charge in [0.25, 0.3) is 0 Å². The van der Waals surface area contributed by atoms with Crippen molar-refractivity contribution in [1.82, 2.24) is 9.55 Å². The fraction of sp³-hybridized carbons (Fsp3) is 0.429. The van der Waals surface area contributed by atoms with Gasteiger partial charge in [0.1, 0.15) is 11.7 Å². The molecule has 0 bridgehead atoms. The van der Waals surface area contributed by atoms with Crippen molar-refractivity contribution in [1.29, 1.82) is 0 Å². The largest absolute Gasteiger partial charge is 0.409 e. The van der Waals surface area contributed by atoms with Crippen molar-refractivity contribution in [2.45, 2.75) is 25.8 Å². The van der Waals surface area contributed by atoms with Crippen LogP contribution in [-0.4, -0.2) is 34.3 Å². The number of nitrogens with zero attached hydrogens (tertiary/aromatic N) is 3. The lowest BCUT2D eigenvalue weighted by atomic mass is 10.2. The summed E-state index contributed by atoms with van der Waals surface area (Å²) in [5, 5.41) is 11.8. The third-order valence-corrected chi connectivity index (χ3v) is 3.32. The molecule has 0 spiro atoms. The molecule has 2 aromatic rings. The third-order valence-electron chi connectivity index (χ3n) is 3.32. The van der Waals surface area contributed by atoms with Crippen LogP contribution in [0.3, 0.4) is 0 Å². The highest BCUT2D eigenvalue weighted by atomic mass is 16.5.